The molecule has 1 heterocycles. The molecule has 0 fully saturated rings. The molecule has 0 N–H and O–H groups in total. The van der Waals surface area contributed by atoms with Crippen LogP contribution in [0, 0.1) is 21.8 Å². The van der Waals surface area contributed by atoms with Crippen LogP contribution in [0.5, 0.6) is 0 Å². The summed E-state index contributed by atoms with van der Waals surface area (Å²) in [6.07, 6.45) is -0.0359. The van der Waals surface area contributed by atoms with Crippen molar-refractivity contribution in [2.45, 2.75) is 39.7 Å². The molecule has 0 aliphatic carbocycles. The third kappa shape index (κ3) is 5.19. The Bertz CT molecular complexity index is 1060. The van der Waals surface area contributed by atoms with Gasteiger partial charge in [-0.2, -0.15) is 0 Å². The lowest BCUT2D eigenvalue weighted by atomic mass is 9.83. The van der Waals surface area contributed by atoms with E-state index in [4.69, 9.17) is 4.74 Å². The lowest BCUT2D eigenvalue weighted by Gasteiger charge is -2.34. The number of benzene rings is 2. The molecular weight excluding hydrogens is 415 g/mol. The summed E-state index contributed by atoms with van der Waals surface area (Å²) in [5.41, 5.74) is 1.83. The summed E-state index contributed by atoms with van der Waals surface area (Å²) in [4.78, 5) is 38.3. The summed E-state index contributed by atoms with van der Waals surface area (Å²) in [6.45, 7) is 5.88. The quantitative estimate of drug-likeness (QED) is 0.353. The van der Waals surface area contributed by atoms with Crippen molar-refractivity contribution < 1.29 is 23.6 Å². The van der Waals surface area contributed by atoms with Gasteiger partial charge in [-0.1, -0.05) is 38.1 Å². The van der Waals surface area contributed by atoms with E-state index in [0.29, 0.717) is 22.4 Å². The third-order valence-electron chi connectivity index (χ3n) is 5.33. The molecule has 168 valence electrons. The van der Waals surface area contributed by atoms with Crippen molar-refractivity contribution in [2.75, 3.05) is 6.61 Å². The molecule has 1 amide bonds. The van der Waals surface area contributed by atoms with Crippen molar-refractivity contribution in [3.05, 3.63) is 86.9 Å². The van der Waals surface area contributed by atoms with Gasteiger partial charge in [0.15, 0.2) is 0 Å². The monoisotopic (exact) mass is 440 g/mol. The Balaban J connectivity index is 2.03. The molecule has 0 aromatic heterocycles. The molecular formula is C24H25FN2O5. The maximum atomic E-state index is 13.3. The highest BCUT2D eigenvalue weighted by Gasteiger charge is 2.37. The van der Waals surface area contributed by atoms with E-state index in [9.17, 15) is 24.1 Å². The summed E-state index contributed by atoms with van der Waals surface area (Å²) in [7, 11) is 0. The zero-order chi connectivity index (χ0) is 23.4. The second-order valence-corrected chi connectivity index (χ2v) is 8.21. The van der Waals surface area contributed by atoms with Crippen LogP contribution < -0.4 is 0 Å². The second-order valence-electron chi connectivity index (χ2n) is 8.21. The van der Waals surface area contributed by atoms with Gasteiger partial charge < -0.3 is 9.64 Å². The molecule has 0 saturated heterocycles. The summed E-state index contributed by atoms with van der Waals surface area (Å²) < 4.78 is 18.7. The van der Waals surface area contributed by atoms with E-state index < -0.39 is 16.8 Å². The standard InChI is InChI=1S/C24H25FN2O5/c1-15(2)14-32-24(29)23-16(3)26(13-17-7-9-19(25)10-8-17)22(28)12-21(23)18-5-4-6-20(11-18)27(30)31/h4-11,15,21H,12-14H2,1-3H3. The Hall–Kier alpha value is -3.55. The number of allylic oxidation sites excluding steroid dienone is 1. The fourth-order valence-electron chi connectivity index (χ4n) is 3.70. The van der Waals surface area contributed by atoms with Crippen molar-refractivity contribution in [1.29, 1.82) is 0 Å². The summed E-state index contributed by atoms with van der Waals surface area (Å²) in [5, 5.41) is 11.2. The first-order valence-electron chi connectivity index (χ1n) is 10.3. The zero-order valence-corrected chi connectivity index (χ0v) is 18.2. The minimum atomic E-state index is -0.661. The van der Waals surface area contributed by atoms with E-state index in [1.54, 1.807) is 25.1 Å². The van der Waals surface area contributed by atoms with Crippen molar-refractivity contribution in [3.63, 3.8) is 0 Å². The van der Waals surface area contributed by atoms with Gasteiger partial charge >= 0.3 is 5.97 Å². The molecule has 1 unspecified atom stereocenters. The van der Waals surface area contributed by atoms with E-state index in [0.717, 1.165) is 0 Å². The summed E-state index contributed by atoms with van der Waals surface area (Å²) >= 11 is 0. The lowest BCUT2D eigenvalue weighted by molar-refractivity contribution is -0.384. The van der Waals surface area contributed by atoms with Crippen LogP contribution in [0.15, 0.2) is 59.8 Å². The van der Waals surface area contributed by atoms with Gasteiger partial charge in [0.1, 0.15) is 5.82 Å². The number of hydrogen-bond acceptors (Lipinski definition) is 5. The average Bonchev–Trinajstić information content (AvgIpc) is 2.76. The minimum Gasteiger partial charge on any atom is -0.462 e. The number of hydrogen-bond donors (Lipinski definition) is 0. The Kier molecular flexibility index (Phi) is 7.02. The number of nitro benzene ring substituents is 1. The van der Waals surface area contributed by atoms with Gasteiger partial charge in [-0.15, -0.1) is 0 Å². The first-order chi connectivity index (χ1) is 15.2. The van der Waals surface area contributed by atoms with Crippen molar-refractivity contribution in [3.8, 4) is 0 Å². The lowest BCUT2D eigenvalue weighted by Crippen LogP contribution is -2.38. The van der Waals surface area contributed by atoms with Crippen LogP contribution in [0.25, 0.3) is 0 Å². The van der Waals surface area contributed by atoms with Gasteiger partial charge in [0.25, 0.3) is 5.69 Å². The van der Waals surface area contributed by atoms with Crippen LogP contribution in [0.3, 0.4) is 0 Å². The van der Waals surface area contributed by atoms with Crippen LogP contribution in [-0.2, 0) is 20.9 Å². The van der Waals surface area contributed by atoms with E-state index in [1.165, 1.54) is 35.2 Å². The van der Waals surface area contributed by atoms with Crippen molar-refractivity contribution in [2.24, 2.45) is 5.92 Å². The molecule has 0 spiro atoms. The van der Waals surface area contributed by atoms with E-state index in [2.05, 4.69) is 0 Å². The summed E-state index contributed by atoms with van der Waals surface area (Å²) in [5.74, 6) is -1.70. The highest BCUT2D eigenvalue weighted by molar-refractivity contribution is 5.96. The van der Waals surface area contributed by atoms with E-state index in [-0.39, 0.29) is 42.9 Å². The number of ether oxygens (including phenoxy) is 1. The van der Waals surface area contributed by atoms with Gasteiger partial charge in [0.05, 0.1) is 23.6 Å². The molecule has 0 radical (unpaired) electrons. The number of rotatable bonds is 7. The Morgan fingerprint density at radius 2 is 1.94 bits per heavy atom. The number of amides is 1. The molecule has 8 heteroatoms. The summed E-state index contributed by atoms with van der Waals surface area (Å²) in [6, 6.07) is 11.7. The largest absolute Gasteiger partial charge is 0.462 e. The second kappa shape index (κ2) is 9.72. The first kappa shape index (κ1) is 23.1. The van der Waals surface area contributed by atoms with Gasteiger partial charge in [0, 0.05) is 30.2 Å². The molecule has 7 nitrogen and oxygen atoms in total. The van der Waals surface area contributed by atoms with Crippen LogP contribution in [0.2, 0.25) is 0 Å². The number of nitrogens with zero attached hydrogens (tertiary/aromatic N) is 2. The van der Waals surface area contributed by atoms with Crippen LogP contribution in [0.1, 0.15) is 44.2 Å². The minimum absolute atomic E-state index is 0.0359. The van der Waals surface area contributed by atoms with Crippen molar-refractivity contribution >= 4 is 17.6 Å². The number of halogens is 1. The number of non-ortho nitro benzene ring substituents is 1. The van der Waals surface area contributed by atoms with Gasteiger partial charge in [-0.05, 0) is 36.1 Å². The van der Waals surface area contributed by atoms with Gasteiger partial charge in [-0.25, -0.2) is 9.18 Å². The molecule has 32 heavy (non-hydrogen) atoms. The van der Waals surface area contributed by atoms with Crippen LogP contribution in [-0.4, -0.2) is 28.3 Å². The first-order valence-corrected chi connectivity index (χ1v) is 10.3. The van der Waals surface area contributed by atoms with Crippen LogP contribution in [0.4, 0.5) is 10.1 Å². The molecule has 0 bridgehead atoms. The highest BCUT2D eigenvalue weighted by atomic mass is 19.1. The molecule has 1 aliphatic heterocycles. The number of esters is 1. The predicted molar refractivity (Wildman–Crippen MR) is 116 cm³/mol. The van der Waals surface area contributed by atoms with Gasteiger partial charge in [0.2, 0.25) is 5.91 Å². The van der Waals surface area contributed by atoms with Crippen LogP contribution >= 0.6 is 0 Å². The maximum absolute atomic E-state index is 13.3. The number of nitro groups is 1. The Morgan fingerprint density at radius 1 is 1.25 bits per heavy atom. The molecule has 2 aromatic rings. The van der Waals surface area contributed by atoms with E-state index >= 15 is 0 Å². The molecule has 0 saturated carbocycles. The van der Waals surface area contributed by atoms with Crippen molar-refractivity contribution in [1.82, 2.24) is 4.90 Å². The Labute approximate surface area is 185 Å². The molecule has 2 aromatic carbocycles. The van der Waals surface area contributed by atoms with E-state index in [1.807, 2.05) is 13.8 Å². The number of carbonyl (C=O) groups is 2. The predicted octanol–water partition coefficient (Wildman–Crippen LogP) is 4.72. The Morgan fingerprint density at radius 3 is 2.56 bits per heavy atom. The zero-order valence-electron chi connectivity index (χ0n) is 18.2. The third-order valence-corrected chi connectivity index (χ3v) is 5.33. The smallest absolute Gasteiger partial charge is 0.336 e. The topological polar surface area (TPSA) is 89.7 Å². The molecule has 3 rings (SSSR count). The molecule has 1 atom stereocenters. The fraction of sp³-hybridized carbons (Fsp3) is 0.333. The highest BCUT2D eigenvalue weighted by Crippen LogP contribution is 2.38. The SMILES string of the molecule is CC1=C(C(=O)OCC(C)C)C(c2cccc([N+](=O)[O-])c2)CC(=O)N1Cc1ccc(F)cc1. The normalized spacial score (nSPS) is 16.5. The molecule has 1 aliphatic rings. The fourth-order valence-corrected chi connectivity index (χ4v) is 3.70. The number of carbonyl (C=O) groups excluding carboxylic acids is 2. The average molecular weight is 440 g/mol. The van der Waals surface area contributed by atoms with Gasteiger partial charge in [-0.3, -0.25) is 14.9 Å². The maximum Gasteiger partial charge on any atom is 0.336 e.